The van der Waals surface area contributed by atoms with Gasteiger partial charge in [-0.2, -0.15) is 0 Å². The molecule has 1 fully saturated rings. The van der Waals surface area contributed by atoms with Crippen LogP contribution in [0.3, 0.4) is 0 Å². The van der Waals surface area contributed by atoms with Crippen LogP contribution >= 0.6 is 35.6 Å². The highest BCUT2D eigenvalue weighted by atomic mass is 127. The highest BCUT2D eigenvalue weighted by Crippen LogP contribution is 2.13. The average molecular weight is 495 g/mol. The summed E-state index contributed by atoms with van der Waals surface area (Å²) in [5.41, 5.74) is 1.07. The van der Waals surface area contributed by atoms with Crippen molar-refractivity contribution in [3.63, 3.8) is 0 Å². The third-order valence-corrected chi connectivity index (χ3v) is 4.36. The van der Waals surface area contributed by atoms with Crippen LogP contribution in [0.1, 0.15) is 19.4 Å². The molecule has 1 aliphatic heterocycles. The van der Waals surface area contributed by atoms with Crippen molar-refractivity contribution in [3.05, 3.63) is 34.9 Å². The number of halogens is 2. The monoisotopic (exact) mass is 494 g/mol. The van der Waals surface area contributed by atoms with Crippen LogP contribution in [-0.4, -0.2) is 66.1 Å². The van der Waals surface area contributed by atoms with E-state index in [1.165, 1.54) is 0 Å². The Hall–Kier alpha value is -1.06. The second kappa shape index (κ2) is 11.6. The molecule has 1 atom stereocenters. The van der Waals surface area contributed by atoms with Crippen molar-refractivity contribution in [3.8, 4) is 0 Å². The molecular weight excluding hydrogens is 467 g/mol. The maximum absolute atomic E-state index is 12.5. The van der Waals surface area contributed by atoms with Crippen molar-refractivity contribution in [1.82, 2.24) is 15.1 Å². The first-order chi connectivity index (χ1) is 12.0. The number of guanidine groups is 1. The highest BCUT2D eigenvalue weighted by Gasteiger charge is 2.26. The summed E-state index contributed by atoms with van der Waals surface area (Å²) < 4.78 is 0. The van der Waals surface area contributed by atoms with Crippen LogP contribution in [0.25, 0.3) is 0 Å². The molecule has 1 heterocycles. The number of aliphatic hydroxyl groups is 1. The Balaban J connectivity index is 0.00000338. The van der Waals surface area contributed by atoms with Crippen molar-refractivity contribution in [2.45, 2.75) is 20.4 Å². The lowest BCUT2D eigenvalue weighted by Gasteiger charge is -2.36. The smallest absolute Gasteiger partial charge is 0.242 e. The Morgan fingerprint density at radius 1 is 1.35 bits per heavy atom. The van der Waals surface area contributed by atoms with Gasteiger partial charge in [-0.25, -0.2) is 0 Å². The summed E-state index contributed by atoms with van der Waals surface area (Å²) in [5.74, 6) is 0.930. The van der Waals surface area contributed by atoms with Gasteiger partial charge in [-0.05, 0) is 30.5 Å². The van der Waals surface area contributed by atoms with Crippen LogP contribution in [0.5, 0.6) is 0 Å². The second-order valence-corrected chi connectivity index (χ2v) is 6.78. The zero-order valence-corrected chi connectivity index (χ0v) is 18.4. The van der Waals surface area contributed by atoms with Gasteiger partial charge in [-0.3, -0.25) is 9.79 Å². The lowest BCUT2D eigenvalue weighted by atomic mass is 10.2. The van der Waals surface area contributed by atoms with Crippen LogP contribution < -0.4 is 5.32 Å². The summed E-state index contributed by atoms with van der Waals surface area (Å²) in [6.45, 7) is 7.64. The van der Waals surface area contributed by atoms with Gasteiger partial charge in [0.1, 0.15) is 0 Å². The summed E-state index contributed by atoms with van der Waals surface area (Å²) in [6.07, 6.45) is 0. The predicted molar refractivity (Wildman–Crippen MR) is 116 cm³/mol. The van der Waals surface area contributed by atoms with Crippen LogP contribution in [-0.2, 0) is 11.3 Å². The minimum absolute atomic E-state index is 0. The molecule has 1 aromatic rings. The summed E-state index contributed by atoms with van der Waals surface area (Å²) in [4.78, 5) is 20.9. The van der Waals surface area contributed by atoms with E-state index in [1.807, 2.05) is 47.9 Å². The zero-order chi connectivity index (χ0) is 18.2. The lowest BCUT2D eigenvalue weighted by Crippen LogP contribution is -2.55. The molecule has 8 heteroatoms. The summed E-state index contributed by atoms with van der Waals surface area (Å²) >= 11 is 5.91. The third kappa shape index (κ3) is 6.92. The number of nitrogens with zero attached hydrogens (tertiary/aromatic N) is 3. The predicted octanol–water partition coefficient (Wildman–Crippen LogP) is 2.20. The first-order valence-electron chi connectivity index (χ1n) is 8.69. The van der Waals surface area contributed by atoms with E-state index in [0.717, 1.165) is 24.6 Å². The van der Waals surface area contributed by atoms with Gasteiger partial charge in [0.2, 0.25) is 5.91 Å². The van der Waals surface area contributed by atoms with Gasteiger partial charge in [0.05, 0.1) is 6.54 Å². The molecule has 6 nitrogen and oxygen atoms in total. The maximum atomic E-state index is 12.5. The van der Waals surface area contributed by atoms with Gasteiger partial charge in [-0.15, -0.1) is 24.0 Å². The molecule has 1 saturated heterocycles. The summed E-state index contributed by atoms with van der Waals surface area (Å²) in [5, 5.41) is 13.1. The van der Waals surface area contributed by atoms with E-state index in [1.54, 1.807) is 0 Å². The molecule has 2 N–H and O–H groups in total. The van der Waals surface area contributed by atoms with Gasteiger partial charge < -0.3 is 20.2 Å². The Labute approximate surface area is 177 Å². The maximum Gasteiger partial charge on any atom is 0.242 e. The van der Waals surface area contributed by atoms with Crippen LogP contribution in [0, 0.1) is 5.92 Å². The molecule has 1 aromatic carbocycles. The molecule has 0 bridgehead atoms. The molecule has 2 rings (SSSR count). The fourth-order valence-electron chi connectivity index (χ4n) is 2.59. The Kier molecular flexibility index (Phi) is 10.3. The second-order valence-electron chi connectivity index (χ2n) is 6.35. The van der Waals surface area contributed by atoms with Crippen LogP contribution in [0.4, 0.5) is 0 Å². The SMILES string of the molecule is CCNC(=NCC(C)CO)N1CCN(Cc2ccc(Cl)cc2)C(=O)C1.I. The number of amides is 1. The van der Waals surface area contributed by atoms with Crippen molar-refractivity contribution in [2.75, 3.05) is 39.3 Å². The van der Waals surface area contributed by atoms with Crippen LogP contribution in [0.15, 0.2) is 29.3 Å². The number of nitrogens with one attached hydrogen (secondary N) is 1. The molecule has 0 radical (unpaired) electrons. The molecule has 0 spiro atoms. The molecular formula is C18H28ClIN4O2. The van der Waals surface area contributed by atoms with Gasteiger partial charge in [0.25, 0.3) is 0 Å². The van der Waals surface area contributed by atoms with Crippen molar-refractivity contribution in [1.29, 1.82) is 0 Å². The molecule has 1 unspecified atom stereocenters. The minimum atomic E-state index is 0. The van der Waals surface area contributed by atoms with Crippen molar-refractivity contribution >= 4 is 47.4 Å². The van der Waals surface area contributed by atoms with E-state index in [9.17, 15) is 4.79 Å². The Bertz CT molecular complexity index is 597. The van der Waals surface area contributed by atoms with E-state index in [-0.39, 0.29) is 42.4 Å². The van der Waals surface area contributed by atoms with Crippen LogP contribution in [0.2, 0.25) is 5.02 Å². The van der Waals surface area contributed by atoms with Gasteiger partial charge in [0.15, 0.2) is 5.96 Å². The number of rotatable bonds is 6. The van der Waals surface area contributed by atoms with E-state index < -0.39 is 0 Å². The van der Waals surface area contributed by atoms with E-state index >= 15 is 0 Å². The number of carbonyl (C=O) groups excluding carboxylic acids is 1. The van der Waals surface area contributed by atoms with E-state index in [0.29, 0.717) is 31.2 Å². The number of hydrogen-bond acceptors (Lipinski definition) is 3. The third-order valence-electron chi connectivity index (χ3n) is 4.10. The van der Waals surface area contributed by atoms with Crippen molar-refractivity contribution in [2.24, 2.45) is 10.9 Å². The van der Waals surface area contributed by atoms with E-state index in [2.05, 4.69) is 10.3 Å². The fraction of sp³-hybridized carbons (Fsp3) is 0.556. The first-order valence-corrected chi connectivity index (χ1v) is 9.07. The average Bonchev–Trinajstić information content (AvgIpc) is 2.61. The number of hydrogen-bond donors (Lipinski definition) is 2. The quantitative estimate of drug-likeness (QED) is 0.361. The van der Waals surface area contributed by atoms with Gasteiger partial charge in [-0.1, -0.05) is 30.7 Å². The summed E-state index contributed by atoms with van der Waals surface area (Å²) in [6, 6.07) is 7.58. The standard InChI is InChI=1S/C18H27ClN4O2.HI/c1-3-20-18(21-10-14(2)13-24)23-9-8-22(17(25)12-23)11-15-4-6-16(19)7-5-15;/h4-7,14,24H,3,8-13H2,1-2H3,(H,20,21);1H. The zero-order valence-electron chi connectivity index (χ0n) is 15.3. The number of carbonyl (C=O) groups is 1. The number of benzene rings is 1. The largest absolute Gasteiger partial charge is 0.396 e. The summed E-state index contributed by atoms with van der Waals surface area (Å²) in [7, 11) is 0. The Morgan fingerprint density at radius 2 is 2.04 bits per heavy atom. The van der Waals surface area contributed by atoms with Crippen molar-refractivity contribution < 1.29 is 9.90 Å². The van der Waals surface area contributed by atoms with Gasteiger partial charge in [0, 0.05) is 44.4 Å². The number of aliphatic hydroxyl groups excluding tert-OH is 1. The topological polar surface area (TPSA) is 68.2 Å². The number of piperazine rings is 1. The molecule has 1 aliphatic rings. The fourth-order valence-corrected chi connectivity index (χ4v) is 2.72. The number of aliphatic imine (C=N–C) groups is 1. The van der Waals surface area contributed by atoms with Gasteiger partial charge >= 0.3 is 0 Å². The van der Waals surface area contributed by atoms with E-state index in [4.69, 9.17) is 16.7 Å². The Morgan fingerprint density at radius 3 is 2.62 bits per heavy atom. The molecule has 26 heavy (non-hydrogen) atoms. The molecule has 146 valence electrons. The molecule has 1 amide bonds. The molecule has 0 aromatic heterocycles. The first kappa shape index (κ1) is 23.0. The lowest BCUT2D eigenvalue weighted by molar-refractivity contribution is -0.135. The highest BCUT2D eigenvalue weighted by molar-refractivity contribution is 14.0. The molecule has 0 aliphatic carbocycles. The normalized spacial score (nSPS) is 16.3. The molecule has 0 saturated carbocycles. The minimum Gasteiger partial charge on any atom is -0.396 e.